The molecule has 0 aliphatic carbocycles. The number of carboxylic acid groups (broad SMARTS) is 1. The van der Waals surface area contributed by atoms with E-state index < -0.39 is 11.6 Å². The van der Waals surface area contributed by atoms with Crippen molar-refractivity contribution in [3.05, 3.63) is 35.4 Å². The van der Waals surface area contributed by atoms with Gasteiger partial charge in [0, 0.05) is 19.6 Å². The molecule has 0 radical (unpaired) electrons. The van der Waals surface area contributed by atoms with Crippen LogP contribution in [0.3, 0.4) is 0 Å². The average Bonchev–Trinajstić information content (AvgIpc) is 2.28. The number of nitrogens with zero attached hydrogens (tertiary/aromatic N) is 1. The first kappa shape index (κ1) is 16.6. The first-order valence-electron chi connectivity index (χ1n) is 6.66. The molecule has 0 saturated heterocycles. The van der Waals surface area contributed by atoms with Crippen LogP contribution in [0.5, 0.6) is 0 Å². The number of rotatable bonds is 8. The number of aliphatic carboxylic acids is 1. The molecule has 20 heavy (non-hydrogen) atoms. The van der Waals surface area contributed by atoms with Crippen molar-refractivity contribution in [2.45, 2.75) is 25.5 Å². The highest BCUT2D eigenvalue weighted by Gasteiger charge is 2.20. The Hall–Kier alpha value is -1.43. The number of nitrogens with one attached hydrogen (secondary N) is 1. The van der Waals surface area contributed by atoms with E-state index in [1.54, 1.807) is 6.92 Å². The van der Waals surface area contributed by atoms with Crippen LogP contribution in [0.2, 0.25) is 0 Å². The summed E-state index contributed by atoms with van der Waals surface area (Å²) in [5.74, 6) is -0.824. The van der Waals surface area contributed by atoms with Crippen LogP contribution in [-0.2, 0) is 17.8 Å². The summed E-state index contributed by atoms with van der Waals surface area (Å²) in [6.45, 7) is 3.55. The zero-order valence-electron chi connectivity index (χ0n) is 12.4. The highest BCUT2D eigenvalue weighted by molar-refractivity contribution is 5.70. The molecule has 0 bridgehead atoms. The third kappa shape index (κ3) is 6.65. The van der Waals surface area contributed by atoms with E-state index in [0.717, 1.165) is 11.1 Å². The fourth-order valence-corrected chi connectivity index (χ4v) is 2.16. The van der Waals surface area contributed by atoms with Gasteiger partial charge in [-0.05, 0) is 32.1 Å². The molecule has 5 heteroatoms. The Kier molecular flexibility index (Phi) is 6.13. The maximum atomic E-state index is 10.6. The summed E-state index contributed by atoms with van der Waals surface area (Å²) in [4.78, 5) is 12.5. The topological polar surface area (TPSA) is 72.8 Å². The minimum Gasteiger partial charge on any atom is -0.481 e. The summed E-state index contributed by atoms with van der Waals surface area (Å²) in [5.41, 5.74) is 1.09. The first-order valence-corrected chi connectivity index (χ1v) is 6.66. The highest BCUT2D eigenvalue weighted by Crippen LogP contribution is 2.07. The van der Waals surface area contributed by atoms with Gasteiger partial charge in [-0.25, -0.2) is 0 Å². The van der Waals surface area contributed by atoms with E-state index in [0.29, 0.717) is 19.6 Å². The molecule has 0 aromatic heterocycles. The molecule has 0 fully saturated rings. The second-order valence-electron chi connectivity index (χ2n) is 5.73. The molecule has 0 saturated carbocycles. The van der Waals surface area contributed by atoms with E-state index in [2.05, 4.69) is 5.32 Å². The Labute approximate surface area is 120 Å². The summed E-state index contributed by atoms with van der Waals surface area (Å²) in [6, 6.07) is 7.46. The van der Waals surface area contributed by atoms with Crippen LogP contribution in [0.25, 0.3) is 0 Å². The van der Waals surface area contributed by atoms with Gasteiger partial charge < -0.3 is 20.4 Å². The molecule has 0 spiro atoms. The summed E-state index contributed by atoms with van der Waals surface area (Å²) < 4.78 is 0. The third-order valence-electron chi connectivity index (χ3n) is 2.87. The van der Waals surface area contributed by atoms with Crippen molar-refractivity contribution in [3.8, 4) is 0 Å². The Balaban J connectivity index is 2.40. The van der Waals surface area contributed by atoms with Gasteiger partial charge in [0.05, 0.1) is 12.0 Å². The minimum atomic E-state index is -0.824. The second-order valence-corrected chi connectivity index (χ2v) is 5.73. The predicted octanol–water partition coefficient (Wildman–Crippen LogP) is 0.716. The van der Waals surface area contributed by atoms with Crippen LogP contribution in [0.15, 0.2) is 24.3 Å². The fourth-order valence-electron chi connectivity index (χ4n) is 2.16. The highest BCUT2D eigenvalue weighted by atomic mass is 16.4. The number of hydrogen-bond donors (Lipinski definition) is 3. The van der Waals surface area contributed by atoms with Crippen molar-refractivity contribution < 1.29 is 15.0 Å². The van der Waals surface area contributed by atoms with Crippen molar-refractivity contribution in [2.24, 2.45) is 0 Å². The summed E-state index contributed by atoms with van der Waals surface area (Å²) in [5, 5.41) is 22.0. The van der Waals surface area contributed by atoms with E-state index in [4.69, 9.17) is 5.11 Å². The first-order chi connectivity index (χ1) is 9.28. The normalized spacial score (nSPS) is 14.2. The molecule has 0 amide bonds. The number of carboxylic acids is 1. The van der Waals surface area contributed by atoms with Gasteiger partial charge in [-0.3, -0.25) is 4.79 Å². The van der Waals surface area contributed by atoms with Crippen molar-refractivity contribution in [3.63, 3.8) is 0 Å². The molecule has 1 atom stereocenters. The smallest absolute Gasteiger partial charge is 0.307 e. The van der Waals surface area contributed by atoms with Crippen molar-refractivity contribution in [1.29, 1.82) is 0 Å². The van der Waals surface area contributed by atoms with Crippen LogP contribution in [-0.4, -0.2) is 53.9 Å². The second kappa shape index (κ2) is 7.38. The Morgan fingerprint density at radius 1 is 1.25 bits per heavy atom. The molecule has 1 aromatic rings. The predicted molar refractivity (Wildman–Crippen MR) is 78.7 cm³/mol. The zero-order valence-corrected chi connectivity index (χ0v) is 12.4. The third-order valence-corrected chi connectivity index (χ3v) is 2.87. The van der Waals surface area contributed by atoms with Gasteiger partial charge in [0.25, 0.3) is 0 Å². The molecule has 0 aliphatic heterocycles. The standard InChI is InChI=1S/C15H24N2O3/c1-15(20,11-17(2)3)10-16-9-13-6-4-12(5-7-13)8-14(18)19/h4-7,16,20H,8-11H2,1-3H3,(H,18,19). The van der Waals surface area contributed by atoms with E-state index in [-0.39, 0.29) is 6.42 Å². The summed E-state index contributed by atoms with van der Waals surface area (Å²) >= 11 is 0. The monoisotopic (exact) mass is 280 g/mol. The molecule has 3 N–H and O–H groups in total. The fraction of sp³-hybridized carbons (Fsp3) is 0.533. The van der Waals surface area contributed by atoms with Crippen LogP contribution in [0.4, 0.5) is 0 Å². The lowest BCUT2D eigenvalue weighted by Crippen LogP contribution is -2.45. The Morgan fingerprint density at radius 3 is 2.30 bits per heavy atom. The SMILES string of the molecule is CN(C)CC(C)(O)CNCc1ccc(CC(=O)O)cc1. The molecule has 0 heterocycles. The Morgan fingerprint density at radius 2 is 1.80 bits per heavy atom. The number of hydrogen-bond acceptors (Lipinski definition) is 4. The van der Waals surface area contributed by atoms with Crippen molar-refractivity contribution in [2.75, 3.05) is 27.2 Å². The molecule has 1 unspecified atom stereocenters. The largest absolute Gasteiger partial charge is 0.481 e. The van der Waals surface area contributed by atoms with Gasteiger partial charge in [-0.1, -0.05) is 24.3 Å². The zero-order chi connectivity index (χ0) is 15.2. The molecule has 112 valence electrons. The van der Waals surface area contributed by atoms with Gasteiger partial charge in [0.1, 0.15) is 0 Å². The lowest BCUT2D eigenvalue weighted by atomic mass is 10.1. The van der Waals surface area contributed by atoms with E-state index in [9.17, 15) is 9.90 Å². The van der Waals surface area contributed by atoms with E-state index in [1.807, 2.05) is 43.3 Å². The van der Waals surface area contributed by atoms with E-state index in [1.165, 1.54) is 0 Å². The van der Waals surface area contributed by atoms with Crippen LogP contribution < -0.4 is 5.32 Å². The van der Waals surface area contributed by atoms with Crippen molar-refractivity contribution in [1.82, 2.24) is 10.2 Å². The van der Waals surface area contributed by atoms with Crippen LogP contribution in [0, 0.1) is 0 Å². The lowest BCUT2D eigenvalue weighted by Gasteiger charge is -2.27. The van der Waals surface area contributed by atoms with Gasteiger partial charge in [0.2, 0.25) is 0 Å². The van der Waals surface area contributed by atoms with Gasteiger partial charge >= 0.3 is 5.97 Å². The number of benzene rings is 1. The molecule has 1 rings (SSSR count). The van der Waals surface area contributed by atoms with Gasteiger partial charge in [0.15, 0.2) is 0 Å². The summed E-state index contributed by atoms with van der Waals surface area (Å²) in [7, 11) is 3.85. The summed E-state index contributed by atoms with van der Waals surface area (Å²) in [6.07, 6.45) is 0.0469. The number of likely N-dealkylation sites (N-methyl/N-ethyl adjacent to an activating group) is 1. The molecular formula is C15H24N2O3. The van der Waals surface area contributed by atoms with Gasteiger partial charge in [-0.15, -0.1) is 0 Å². The van der Waals surface area contributed by atoms with Crippen LogP contribution >= 0.6 is 0 Å². The maximum absolute atomic E-state index is 10.6. The molecule has 5 nitrogen and oxygen atoms in total. The quantitative estimate of drug-likeness (QED) is 0.654. The molecule has 1 aromatic carbocycles. The minimum absolute atomic E-state index is 0.0469. The van der Waals surface area contributed by atoms with Crippen LogP contribution in [0.1, 0.15) is 18.1 Å². The molecular weight excluding hydrogens is 256 g/mol. The number of carbonyl (C=O) groups is 1. The average molecular weight is 280 g/mol. The lowest BCUT2D eigenvalue weighted by molar-refractivity contribution is -0.136. The maximum Gasteiger partial charge on any atom is 0.307 e. The van der Waals surface area contributed by atoms with E-state index >= 15 is 0 Å². The number of aliphatic hydroxyl groups is 1. The molecule has 0 aliphatic rings. The van der Waals surface area contributed by atoms with Crippen molar-refractivity contribution >= 4 is 5.97 Å². The Bertz CT molecular complexity index is 427. The van der Waals surface area contributed by atoms with Gasteiger partial charge in [-0.2, -0.15) is 0 Å².